The van der Waals surface area contributed by atoms with E-state index in [2.05, 4.69) is 5.16 Å². The van der Waals surface area contributed by atoms with Crippen molar-refractivity contribution in [2.24, 2.45) is 16.8 Å². The van der Waals surface area contributed by atoms with E-state index in [1.165, 1.54) is 0 Å². The van der Waals surface area contributed by atoms with Gasteiger partial charge < -0.3 is 15.8 Å². The van der Waals surface area contributed by atoms with Crippen LogP contribution >= 0.6 is 0 Å². The molecule has 0 spiro atoms. The van der Waals surface area contributed by atoms with Crippen molar-refractivity contribution in [2.75, 3.05) is 13.6 Å². The molecule has 1 rings (SSSR count). The van der Waals surface area contributed by atoms with E-state index in [0.717, 1.165) is 11.1 Å². The van der Waals surface area contributed by atoms with Gasteiger partial charge in [-0.2, -0.15) is 0 Å². The Morgan fingerprint density at radius 1 is 1.47 bits per heavy atom. The highest BCUT2D eigenvalue weighted by Crippen LogP contribution is 2.13. The number of carbonyl (C=O) groups is 1. The van der Waals surface area contributed by atoms with Gasteiger partial charge >= 0.3 is 0 Å². The second kappa shape index (κ2) is 6.22. The van der Waals surface area contributed by atoms with Crippen LogP contribution in [0.15, 0.2) is 23.4 Å². The van der Waals surface area contributed by atoms with Gasteiger partial charge in [-0.3, -0.25) is 4.79 Å². The molecule has 0 aliphatic heterocycles. The van der Waals surface area contributed by atoms with Gasteiger partial charge in [0.1, 0.15) is 5.84 Å². The molecule has 1 aromatic rings. The molecule has 5 heteroatoms. The number of amidine groups is 1. The van der Waals surface area contributed by atoms with Crippen molar-refractivity contribution in [2.45, 2.75) is 20.8 Å². The molecule has 1 aromatic carbocycles. The van der Waals surface area contributed by atoms with E-state index in [4.69, 9.17) is 10.9 Å². The van der Waals surface area contributed by atoms with Gasteiger partial charge in [0.05, 0.1) is 0 Å². The first kappa shape index (κ1) is 15.0. The van der Waals surface area contributed by atoms with Crippen LogP contribution in [-0.2, 0) is 0 Å². The smallest absolute Gasteiger partial charge is 0.253 e. The van der Waals surface area contributed by atoms with Gasteiger partial charge in [0.2, 0.25) is 0 Å². The van der Waals surface area contributed by atoms with Crippen molar-refractivity contribution in [1.82, 2.24) is 4.90 Å². The Balaban J connectivity index is 2.82. The summed E-state index contributed by atoms with van der Waals surface area (Å²) in [5.41, 5.74) is 8.27. The molecule has 19 heavy (non-hydrogen) atoms. The molecule has 0 aromatic heterocycles. The van der Waals surface area contributed by atoms with E-state index in [0.29, 0.717) is 12.1 Å². The van der Waals surface area contributed by atoms with Crippen molar-refractivity contribution >= 4 is 11.7 Å². The summed E-state index contributed by atoms with van der Waals surface area (Å²) in [4.78, 5) is 13.9. The predicted octanol–water partition coefficient (Wildman–Crippen LogP) is 1.76. The lowest BCUT2D eigenvalue weighted by Gasteiger charge is -2.21. The fraction of sp³-hybridized carbons (Fsp3) is 0.429. The van der Waals surface area contributed by atoms with E-state index < -0.39 is 0 Å². The fourth-order valence-corrected chi connectivity index (χ4v) is 1.94. The molecule has 1 atom stereocenters. The summed E-state index contributed by atoms with van der Waals surface area (Å²) in [5, 5.41) is 11.6. The normalized spacial score (nSPS) is 13.2. The zero-order valence-corrected chi connectivity index (χ0v) is 11.8. The average molecular weight is 263 g/mol. The maximum atomic E-state index is 12.3. The third kappa shape index (κ3) is 3.71. The lowest BCUT2D eigenvalue weighted by atomic mass is 10.0. The predicted molar refractivity (Wildman–Crippen MR) is 75.4 cm³/mol. The number of carbonyl (C=O) groups excluding carboxylic acids is 1. The molecule has 0 heterocycles. The lowest BCUT2D eigenvalue weighted by Crippen LogP contribution is -2.36. The van der Waals surface area contributed by atoms with Crippen LogP contribution in [0.3, 0.4) is 0 Å². The highest BCUT2D eigenvalue weighted by molar-refractivity contribution is 5.96. The summed E-state index contributed by atoms with van der Waals surface area (Å²) in [6.07, 6.45) is 0. The molecule has 0 aliphatic rings. The molecule has 0 radical (unpaired) electrons. The molecule has 3 N–H and O–H groups in total. The fourth-order valence-electron chi connectivity index (χ4n) is 1.94. The van der Waals surface area contributed by atoms with Gasteiger partial charge in [0.25, 0.3) is 5.91 Å². The van der Waals surface area contributed by atoms with Crippen LogP contribution in [0.4, 0.5) is 0 Å². The monoisotopic (exact) mass is 263 g/mol. The molecule has 0 saturated carbocycles. The maximum Gasteiger partial charge on any atom is 0.253 e. The van der Waals surface area contributed by atoms with E-state index in [-0.39, 0.29) is 17.7 Å². The molecule has 1 unspecified atom stereocenters. The summed E-state index contributed by atoms with van der Waals surface area (Å²) >= 11 is 0. The first-order valence-electron chi connectivity index (χ1n) is 6.17. The van der Waals surface area contributed by atoms with E-state index in [1.807, 2.05) is 32.0 Å². The number of nitrogens with zero attached hydrogens (tertiary/aromatic N) is 2. The zero-order chi connectivity index (χ0) is 14.6. The van der Waals surface area contributed by atoms with E-state index >= 15 is 0 Å². The van der Waals surface area contributed by atoms with Crippen molar-refractivity contribution in [3.63, 3.8) is 0 Å². The van der Waals surface area contributed by atoms with Crippen LogP contribution in [-0.4, -0.2) is 35.4 Å². The Labute approximate surface area is 113 Å². The lowest BCUT2D eigenvalue weighted by molar-refractivity contribution is 0.0785. The average Bonchev–Trinajstić information content (AvgIpc) is 2.36. The van der Waals surface area contributed by atoms with Crippen molar-refractivity contribution in [3.8, 4) is 0 Å². The number of benzene rings is 1. The van der Waals surface area contributed by atoms with Crippen LogP contribution in [0.2, 0.25) is 0 Å². The first-order valence-corrected chi connectivity index (χ1v) is 6.17. The molecular weight excluding hydrogens is 242 g/mol. The molecule has 1 amide bonds. The summed E-state index contributed by atoms with van der Waals surface area (Å²) in [5.74, 6) is -0.125. The standard InChI is InChI=1S/C14H21N3O2/c1-9-5-6-12(10(2)7-9)14(18)17(4)8-11(3)13(15)16-19/h5-7,11,19H,8H2,1-4H3,(H2,15,16). The van der Waals surface area contributed by atoms with Gasteiger partial charge in [0.15, 0.2) is 0 Å². The minimum absolute atomic E-state index is 0.0601. The largest absolute Gasteiger partial charge is 0.409 e. The van der Waals surface area contributed by atoms with Gasteiger partial charge in [-0.25, -0.2) is 0 Å². The minimum Gasteiger partial charge on any atom is -0.409 e. The van der Waals surface area contributed by atoms with Crippen LogP contribution in [0.1, 0.15) is 28.4 Å². The van der Waals surface area contributed by atoms with Crippen LogP contribution in [0.5, 0.6) is 0 Å². The quantitative estimate of drug-likeness (QED) is 0.376. The van der Waals surface area contributed by atoms with Gasteiger partial charge in [-0.05, 0) is 25.5 Å². The van der Waals surface area contributed by atoms with E-state index in [9.17, 15) is 4.79 Å². The Bertz CT molecular complexity index is 497. The maximum absolute atomic E-state index is 12.3. The number of aryl methyl sites for hydroxylation is 2. The van der Waals surface area contributed by atoms with Crippen molar-refractivity contribution in [3.05, 3.63) is 34.9 Å². The van der Waals surface area contributed by atoms with Gasteiger partial charge in [-0.15, -0.1) is 0 Å². The third-order valence-corrected chi connectivity index (χ3v) is 3.13. The number of hydrogen-bond acceptors (Lipinski definition) is 3. The minimum atomic E-state index is -0.190. The molecule has 5 nitrogen and oxygen atoms in total. The zero-order valence-electron chi connectivity index (χ0n) is 11.8. The second-order valence-corrected chi connectivity index (χ2v) is 4.93. The number of oxime groups is 1. The highest BCUT2D eigenvalue weighted by Gasteiger charge is 2.18. The summed E-state index contributed by atoms with van der Waals surface area (Å²) in [6, 6.07) is 5.73. The molecular formula is C14H21N3O2. The second-order valence-electron chi connectivity index (χ2n) is 4.93. The summed E-state index contributed by atoms with van der Waals surface area (Å²) in [7, 11) is 1.71. The first-order chi connectivity index (χ1) is 8.86. The number of nitrogens with two attached hydrogens (primary N) is 1. The van der Waals surface area contributed by atoms with E-state index in [1.54, 1.807) is 18.9 Å². The summed E-state index contributed by atoms with van der Waals surface area (Å²) in [6.45, 7) is 6.12. The SMILES string of the molecule is Cc1ccc(C(=O)N(C)CC(C)/C(N)=N/O)c(C)c1. The van der Waals surface area contributed by atoms with Gasteiger partial charge in [-0.1, -0.05) is 29.8 Å². The third-order valence-electron chi connectivity index (χ3n) is 3.13. The van der Waals surface area contributed by atoms with Gasteiger partial charge in [0, 0.05) is 25.1 Å². The molecule has 0 fully saturated rings. The topological polar surface area (TPSA) is 78.9 Å². The Kier molecular flexibility index (Phi) is 4.92. The Morgan fingerprint density at radius 2 is 2.11 bits per heavy atom. The van der Waals surface area contributed by atoms with Crippen LogP contribution in [0.25, 0.3) is 0 Å². The molecule has 0 saturated heterocycles. The Hall–Kier alpha value is -2.04. The highest BCUT2D eigenvalue weighted by atomic mass is 16.4. The number of hydrogen-bond donors (Lipinski definition) is 2. The van der Waals surface area contributed by atoms with Crippen molar-refractivity contribution in [1.29, 1.82) is 0 Å². The summed E-state index contributed by atoms with van der Waals surface area (Å²) < 4.78 is 0. The molecule has 0 aliphatic carbocycles. The molecule has 0 bridgehead atoms. The van der Waals surface area contributed by atoms with Crippen molar-refractivity contribution < 1.29 is 10.0 Å². The Morgan fingerprint density at radius 3 is 2.63 bits per heavy atom. The van der Waals surface area contributed by atoms with Crippen LogP contribution in [0, 0.1) is 19.8 Å². The number of rotatable bonds is 4. The number of amides is 1. The molecule has 104 valence electrons. The van der Waals surface area contributed by atoms with Crippen LogP contribution < -0.4 is 5.73 Å².